The van der Waals surface area contributed by atoms with E-state index < -0.39 is 11.6 Å². The van der Waals surface area contributed by atoms with Crippen LogP contribution in [0, 0.1) is 13.8 Å². The molecular weight excluding hydrogens is 440 g/mol. The molecule has 0 bridgehead atoms. The van der Waals surface area contributed by atoms with Crippen LogP contribution in [0.2, 0.25) is 0 Å². The average Bonchev–Trinajstić information content (AvgIpc) is 2.99. The quantitative estimate of drug-likeness (QED) is 0.606. The minimum atomic E-state index is -1.35. The van der Waals surface area contributed by atoms with Crippen LogP contribution in [-0.4, -0.2) is 36.5 Å². The van der Waals surface area contributed by atoms with Gasteiger partial charge in [-0.05, 0) is 79.1 Å². The van der Waals surface area contributed by atoms with Crippen LogP contribution in [0.25, 0.3) is 5.69 Å². The van der Waals surface area contributed by atoms with E-state index in [1.807, 2.05) is 38.1 Å². The maximum absolute atomic E-state index is 12.7. The third kappa shape index (κ3) is 4.40. The van der Waals surface area contributed by atoms with Crippen molar-refractivity contribution >= 4 is 21.9 Å². The second-order valence-corrected chi connectivity index (χ2v) is 8.20. The Morgan fingerprint density at radius 1 is 1.14 bits per heavy atom. The molecule has 0 aliphatic carbocycles. The number of benzene rings is 2. The van der Waals surface area contributed by atoms with Crippen molar-refractivity contribution in [2.24, 2.45) is 0 Å². The summed E-state index contributed by atoms with van der Waals surface area (Å²) in [6, 6.07) is 10.9. The molecular formula is C20H21BrN4O4. The molecule has 0 amide bonds. The molecule has 0 saturated carbocycles. The van der Waals surface area contributed by atoms with Crippen LogP contribution in [0.1, 0.15) is 30.5 Å². The molecule has 0 spiro atoms. The van der Waals surface area contributed by atoms with E-state index in [0.29, 0.717) is 11.4 Å². The largest absolute Gasteiger partial charge is 0.478 e. The van der Waals surface area contributed by atoms with Crippen molar-refractivity contribution in [3.8, 4) is 11.4 Å². The van der Waals surface area contributed by atoms with Gasteiger partial charge in [-0.1, -0.05) is 28.1 Å². The molecule has 3 rings (SSSR count). The van der Waals surface area contributed by atoms with Crippen LogP contribution < -0.4 is 10.4 Å². The molecule has 0 fully saturated rings. The Kier molecular flexibility index (Phi) is 5.61. The molecule has 0 unspecified atom stereocenters. The smallest absolute Gasteiger partial charge is 0.368 e. The third-order valence-electron chi connectivity index (χ3n) is 4.44. The number of carbonyl (C=O) groups is 1. The fourth-order valence-corrected chi connectivity index (χ4v) is 3.15. The topological polar surface area (TPSA) is 99.2 Å². The van der Waals surface area contributed by atoms with Crippen molar-refractivity contribution in [3.63, 3.8) is 0 Å². The average molecular weight is 461 g/mol. The van der Waals surface area contributed by atoms with Crippen molar-refractivity contribution in [1.29, 1.82) is 0 Å². The predicted molar refractivity (Wildman–Crippen MR) is 111 cm³/mol. The molecule has 152 valence electrons. The van der Waals surface area contributed by atoms with Crippen LogP contribution in [0.3, 0.4) is 0 Å². The van der Waals surface area contributed by atoms with E-state index in [4.69, 9.17) is 4.74 Å². The zero-order chi connectivity index (χ0) is 21.3. The number of aromatic nitrogens is 4. The number of hydrogen-bond donors (Lipinski definition) is 1. The lowest BCUT2D eigenvalue weighted by molar-refractivity contribution is -0.152. The fraction of sp³-hybridized carbons (Fsp3) is 0.300. The SMILES string of the molecule is Cc1cc(Cn2nnn(-c3ccc(Br)cc3)c2=O)cc(C)c1OC(C)(C)C(=O)O. The van der Waals surface area contributed by atoms with Gasteiger partial charge in [0.15, 0.2) is 5.60 Å². The zero-order valence-electron chi connectivity index (χ0n) is 16.5. The molecule has 0 atom stereocenters. The number of tetrazole rings is 1. The summed E-state index contributed by atoms with van der Waals surface area (Å²) < 4.78 is 9.14. The highest BCUT2D eigenvalue weighted by atomic mass is 79.9. The number of hydrogen-bond acceptors (Lipinski definition) is 5. The lowest BCUT2D eigenvalue weighted by Crippen LogP contribution is -2.38. The summed E-state index contributed by atoms with van der Waals surface area (Å²) in [5.74, 6) is -0.525. The number of aryl methyl sites for hydroxylation is 2. The van der Waals surface area contributed by atoms with E-state index in [1.54, 1.807) is 12.1 Å². The number of aliphatic carboxylic acids is 1. The summed E-state index contributed by atoms with van der Waals surface area (Å²) in [5.41, 5.74) is 1.32. The number of carboxylic acids is 1. The van der Waals surface area contributed by atoms with E-state index in [0.717, 1.165) is 21.2 Å². The van der Waals surface area contributed by atoms with Crippen LogP contribution >= 0.6 is 15.9 Å². The second kappa shape index (κ2) is 7.82. The zero-order valence-corrected chi connectivity index (χ0v) is 18.1. The van der Waals surface area contributed by atoms with Gasteiger partial charge in [-0.3, -0.25) is 0 Å². The van der Waals surface area contributed by atoms with Gasteiger partial charge >= 0.3 is 11.7 Å². The molecule has 1 N–H and O–H groups in total. The summed E-state index contributed by atoms with van der Waals surface area (Å²) in [5, 5.41) is 17.2. The molecule has 0 radical (unpaired) electrons. The van der Waals surface area contributed by atoms with Gasteiger partial charge in [0.05, 0.1) is 12.2 Å². The Morgan fingerprint density at radius 3 is 2.28 bits per heavy atom. The van der Waals surface area contributed by atoms with Gasteiger partial charge in [0.1, 0.15) is 5.75 Å². The second-order valence-electron chi connectivity index (χ2n) is 7.28. The Labute approximate surface area is 175 Å². The highest BCUT2D eigenvalue weighted by Gasteiger charge is 2.30. The van der Waals surface area contributed by atoms with Gasteiger partial charge in [-0.15, -0.1) is 0 Å². The van der Waals surface area contributed by atoms with Gasteiger partial charge in [-0.2, -0.15) is 9.36 Å². The van der Waals surface area contributed by atoms with Gasteiger partial charge in [0.2, 0.25) is 0 Å². The first kappa shape index (κ1) is 20.8. The molecule has 2 aromatic carbocycles. The number of ether oxygens (including phenoxy) is 1. The highest BCUT2D eigenvalue weighted by molar-refractivity contribution is 9.10. The first-order valence-electron chi connectivity index (χ1n) is 8.90. The van der Waals surface area contributed by atoms with Crippen LogP contribution in [0.15, 0.2) is 45.7 Å². The Hall–Kier alpha value is -2.94. The lowest BCUT2D eigenvalue weighted by atomic mass is 10.0. The monoisotopic (exact) mass is 460 g/mol. The van der Waals surface area contributed by atoms with Gasteiger partial charge in [0.25, 0.3) is 0 Å². The Morgan fingerprint density at radius 2 is 1.72 bits per heavy atom. The number of halogens is 1. The first-order chi connectivity index (χ1) is 13.6. The molecule has 8 nitrogen and oxygen atoms in total. The molecule has 1 heterocycles. The van der Waals surface area contributed by atoms with Crippen LogP contribution in [0.4, 0.5) is 0 Å². The van der Waals surface area contributed by atoms with Gasteiger partial charge in [-0.25, -0.2) is 9.59 Å². The molecule has 0 aliphatic rings. The highest BCUT2D eigenvalue weighted by Crippen LogP contribution is 2.29. The summed E-state index contributed by atoms with van der Waals surface area (Å²) in [6.45, 7) is 6.92. The van der Waals surface area contributed by atoms with Gasteiger partial charge in [0, 0.05) is 4.47 Å². The number of nitrogens with zero attached hydrogens (tertiary/aromatic N) is 4. The fourth-order valence-electron chi connectivity index (χ4n) is 2.88. The standard InChI is InChI=1S/C20H21BrN4O4/c1-12-9-14(10-13(2)17(12)29-20(3,4)18(26)27)11-24-19(28)25(23-22-24)16-7-5-15(21)6-8-16/h5-10H,11H2,1-4H3,(H,26,27). The molecule has 0 aliphatic heterocycles. The molecule has 3 aromatic rings. The number of carboxylic acid groups (broad SMARTS) is 1. The summed E-state index contributed by atoms with van der Waals surface area (Å²) in [4.78, 5) is 24.0. The van der Waals surface area contributed by atoms with Crippen molar-refractivity contribution < 1.29 is 14.6 Å². The predicted octanol–water partition coefficient (Wildman–Crippen LogP) is 3.10. The third-order valence-corrected chi connectivity index (χ3v) is 4.96. The summed E-state index contributed by atoms with van der Waals surface area (Å²) >= 11 is 3.36. The maximum Gasteiger partial charge on any atom is 0.368 e. The van der Waals surface area contributed by atoms with Crippen molar-refractivity contribution in [1.82, 2.24) is 19.8 Å². The van der Waals surface area contributed by atoms with Gasteiger partial charge < -0.3 is 9.84 Å². The molecule has 9 heteroatoms. The minimum absolute atomic E-state index is 0.236. The van der Waals surface area contributed by atoms with E-state index in [2.05, 4.69) is 26.4 Å². The normalized spacial score (nSPS) is 11.5. The van der Waals surface area contributed by atoms with Crippen LogP contribution in [0.5, 0.6) is 5.75 Å². The summed E-state index contributed by atoms with van der Waals surface area (Å²) in [7, 11) is 0. The Balaban J connectivity index is 1.87. The number of rotatable bonds is 6. The van der Waals surface area contributed by atoms with Crippen molar-refractivity contribution in [3.05, 3.63) is 68.0 Å². The van der Waals surface area contributed by atoms with E-state index >= 15 is 0 Å². The van der Waals surface area contributed by atoms with Crippen molar-refractivity contribution in [2.45, 2.75) is 39.8 Å². The molecule has 0 saturated heterocycles. The lowest BCUT2D eigenvalue weighted by Gasteiger charge is -2.24. The maximum atomic E-state index is 12.7. The first-order valence-corrected chi connectivity index (χ1v) is 9.69. The van der Waals surface area contributed by atoms with E-state index in [9.17, 15) is 14.7 Å². The van der Waals surface area contributed by atoms with E-state index in [1.165, 1.54) is 23.2 Å². The molecule has 1 aromatic heterocycles. The van der Waals surface area contributed by atoms with E-state index in [-0.39, 0.29) is 12.2 Å². The minimum Gasteiger partial charge on any atom is -0.478 e. The molecule has 29 heavy (non-hydrogen) atoms. The summed E-state index contributed by atoms with van der Waals surface area (Å²) in [6.07, 6.45) is 0. The van der Waals surface area contributed by atoms with Crippen LogP contribution in [-0.2, 0) is 11.3 Å². The van der Waals surface area contributed by atoms with Crippen molar-refractivity contribution in [2.75, 3.05) is 0 Å². The Bertz CT molecular complexity index is 1090.